The maximum atomic E-state index is 12.1. The fourth-order valence-corrected chi connectivity index (χ4v) is 4.15. The highest BCUT2D eigenvalue weighted by molar-refractivity contribution is 7.21. The standard InChI is InChI=1S/C18H18N2OS2/c1-12-5-3-6-14(9-12)10-17(21)19-11-16-13(2)20-18(23-16)15-7-4-8-22-15/h3-9H,10-11H2,1-2H3,(H,19,21). The van der Waals surface area contributed by atoms with Gasteiger partial charge < -0.3 is 5.32 Å². The first-order valence-corrected chi connectivity index (χ1v) is 9.14. The number of hydrogen-bond donors (Lipinski definition) is 1. The van der Waals surface area contributed by atoms with Gasteiger partial charge in [0.1, 0.15) is 5.01 Å². The van der Waals surface area contributed by atoms with Crippen LogP contribution >= 0.6 is 22.7 Å². The second-order valence-electron chi connectivity index (χ2n) is 5.45. The fourth-order valence-electron chi connectivity index (χ4n) is 2.35. The normalized spacial score (nSPS) is 10.7. The number of carbonyl (C=O) groups excluding carboxylic acids is 1. The summed E-state index contributed by atoms with van der Waals surface area (Å²) in [6.45, 7) is 4.57. The van der Waals surface area contributed by atoms with E-state index in [4.69, 9.17) is 0 Å². The summed E-state index contributed by atoms with van der Waals surface area (Å²) in [7, 11) is 0. The molecule has 5 heteroatoms. The number of amides is 1. The lowest BCUT2D eigenvalue weighted by molar-refractivity contribution is -0.120. The van der Waals surface area contributed by atoms with E-state index in [1.165, 1.54) is 10.4 Å². The second kappa shape index (κ2) is 7.06. The molecule has 3 aromatic rings. The van der Waals surface area contributed by atoms with E-state index in [2.05, 4.69) is 21.7 Å². The minimum Gasteiger partial charge on any atom is -0.351 e. The molecule has 2 heterocycles. The summed E-state index contributed by atoms with van der Waals surface area (Å²) in [6.07, 6.45) is 0.414. The molecule has 0 aliphatic carbocycles. The van der Waals surface area contributed by atoms with Crippen molar-refractivity contribution in [3.63, 3.8) is 0 Å². The van der Waals surface area contributed by atoms with Crippen molar-refractivity contribution in [3.05, 3.63) is 63.5 Å². The summed E-state index contributed by atoms with van der Waals surface area (Å²) in [5, 5.41) is 6.08. The summed E-state index contributed by atoms with van der Waals surface area (Å²) in [5.41, 5.74) is 3.21. The zero-order valence-electron chi connectivity index (χ0n) is 13.1. The number of nitrogens with zero attached hydrogens (tertiary/aromatic N) is 1. The first-order chi connectivity index (χ1) is 11.1. The minimum atomic E-state index is 0.0427. The highest BCUT2D eigenvalue weighted by Gasteiger charge is 2.11. The molecule has 0 aliphatic rings. The zero-order valence-corrected chi connectivity index (χ0v) is 14.8. The van der Waals surface area contributed by atoms with Crippen LogP contribution < -0.4 is 5.32 Å². The average Bonchev–Trinajstić information content (AvgIpc) is 3.14. The van der Waals surface area contributed by atoms with Gasteiger partial charge in [-0.15, -0.1) is 22.7 Å². The van der Waals surface area contributed by atoms with Gasteiger partial charge in [-0.25, -0.2) is 4.98 Å². The lowest BCUT2D eigenvalue weighted by Gasteiger charge is -2.05. The van der Waals surface area contributed by atoms with Crippen LogP contribution in [-0.2, 0) is 17.8 Å². The van der Waals surface area contributed by atoms with Gasteiger partial charge in [0.2, 0.25) is 5.91 Å². The molecule has 0 bridgehead atoms. The van der Waals surface area contributed by atoms with Crippen molar-refractivity contribution in [2.45, 2.75) is 26.8 Å². The number of carbonyl (C=O) groups is 1. The van der Waals surface area contributed by atoms with E-state index in [0.717, 1.165) is 21.1 Å². The molecule has 1 aromatic carbocycles. The predicted octanol–water partition coefficient (Wildman–Crippen LogP) is 4.35. The van der Waals surface area contributed by atoms with E-state index in [0.29, 0.717) is 13.0 Å². The quantitative estimate of drug-likeness (QED) is 0.749. The minimum absolute atomic E-state index is 0.0427. The molecular weight excluding hydrogens is 324 g/mol. The smallest absolute Gasteiger partial charge is 0.224 e. The molecule has 118 valence electrons. The van der Waals surface area contributed by atoms with Crippen LogP contribution in [0.5, 0.6) is 0 Å². The Morgan fingerprint density at radius 2 is 2.09 bits per heavy atom. The molecular formula is C18H18N2OS2. The summed E-state index contributed by atoms with van der Waals surface area (Å²) < 4.78 is 0. The average molecular weight is 342 g/mol. The third kappa shape index (κ3) is 4.06. The van der Waals surface area contributed by atoms with Gasteiger partial charge in [-0.3, -0.25) is 4.79 Å². The monoisotopic (exact) mass is 342 g/mol. The van der Waals surface area contributed by atoms with Crippen LogP contribution in [0.3, 0.4) is 0 Å². The Morgan fingerprint density at radius 3 is 2.83 bits per heavy atom. The van der Waals surface area contributed by atoms with Gasteiger partial charge in [-0.1, -0.05) is 35.9 Å². The van der Waals surface area contributed by atoms with Crippen LogP contribution in [-0.4, -0.2) is 10.9 Å². The van der Waals surface area contributed by atoms with Gasteiger partial charge in [0, 0.05) is 4.88 Å². The molecule has 0 spiro atoms. The Bertz CT molecular complexity index is 806. The van der Waals surface area contributed by atoms with E-state index in [1.54, 1.807) is 22.7 Å². The molecule has 0 unspecified atom stereocenters. The Kier molecular flexibility index (Phi) is 4.88. The van der Waals surface area contributed by atoms with Crippen molar-refractivity contribution in [3.8, 4) is 9.88 Å². The highest BCUT2D eigenvalue weighted by Crippen LogP contribution is 2.30. The van der Waals surface area contributed by atoms with E-state index < -0.39 is 0 Å². The molecule has 0 saturated heterocycles. The van der Waals surface area contributed by atoms with Crippen LogP contribution in [0.25, 0.3) is 9.88 Å². The number of nitrogens with one attached hydrogen (secondary N) is 1. The van der Waals surface area contributed by atoms with E-state index in [9.17, 15) is 4.79 Å². The maximum absolute atomic E-state index is 12.1. The van der Waals surface area contributed by atoms with Gasteiger partial charge in [0.05, 0.1) is 23.5 Å². The van der Waals surface area contributed by atoms with Crippen molar-refractivity contribution < 1.29 is 4.79 Å². The molecule has 0 saturated carbocycles. The largest absolute Gasteiger partial charge is 0.351 e. The van der Waals surface area contributed by atoms with Gasteiger partial charge in [-0.05, 0) is 30.9 Å². The molecule has 3 nitrogen and oxygen atoms in total. The third-order valence-electron chi connectivity index (χ3n) is 3.52. The van der Waals surface area contributed by atoms with Crippen molar-refractivity contribution >= 4 is 28.6 Å². The van der Waals surface area contributed by atoms with E-state index >= 15 is 0 Å². The van der Waals surface area contributed by atoms with Crippen molar-refractivity contribution in [2.24, 2.45) is 0 Å². The van der Waals surface area contributed by atoms with Crippen LogP contribution in [0.15, 0.2) is 41.8 Å². The molecule has 2 aromatic heterocycles. The van der Waals surface area contributed by atoms with Crippen molar-refractivity contribution in [1.82, 2.24) is 10.3 Å². The Labute approximate surface area is 144 Å². The molecule has 0 fully saturated rings. The summed E-state index contributed by atoms with van der Waals surface area (Å²) in [5.74, 6) is 0.0427. The van der Waals surface area contributed by atoms with Crippen LogP contribution in [0.4, 0.5) is 0 Å². The highest BCUT2D eigenvalue weighted by atomic mass is 32.1. The van der Waals surface area contributed by atoms with E-state index in [1.807, 2.05) is 44.2 Å². The molecule has 0 atom stereocenters. The van der Waals surface area contributed by atoms with Gasteiger partial charge in [0.15, 0.2) is 0 Å². The zero-order chi connectivity index (χ0) is 16.2. The molecule has 3 rings (SSSR count). The first kappa shape index (κ1) is 15.9. The van der Waals surface area contributed by atoms with Crippen LogP contribution in [0.1, 0.15) is 21.7 Å². The number of aromatic nitrogens is 1. The predicted molar refractivity (Wildman–Crippen MR) is 96.9 cm³/mol. The van der Waals surface area contributed by atoms with Gasteiger partial charge in [0.25, 0.3) is 0 Å². The number of benzene rings is 1. The van der Waals surface area contributed by atoms with Crippen molar-refractivity contribution in [2.75, 3.05) is 0 Å². The van der Waals surface area contributed by atoms with Gasteiger partial charge in [-0.2, -0.15) is 0 Å². The fraction of sp³-hybridized carbons (Fsp3) is 0.222. The molecule has 23 heavy (non-hydrogen) atoms. The van der Waals surface area contributed by atoms with Gasteiger partial charge >= 0.3 is 0 Å². The summed E-state index contributed by atoms with van der Waals surface area (Å²) >= 11 is 3.34. The molecule has 1 amide bonds. The van der Waals surface area contributed by atoms with Crippen LogP contribution in [0, 0.1) is 13.8 Å². The first-order valence-electron chi connectivity index (χ1n) is 7.44. The molecule has 0 aliphatic heterocycles. The maximum Gasteiger partial charge on any atom is 0.224 e. The SMILES string of the molecule is Cc1cccc(CC(=O)NCc2sc(-c3cccs3)nc2C)c1. The van der Waals surface area contributed by atoms with E-state index in [-0.39, 0.29) is 5.91 Å². The Morgan fingerprint density at radius 1 is 1.22 bits per heavy atom. The second-order valence-corrected chi connectivity index (χ2v) is 7.48. The number of thiazole rings is 1. The lowest BCUT2D eigenvalue weighted by Crippen LogP contribution is -2.24. The van der Waals surface area contributed by atoms with Crippen molar-refractivity contribution in [1.29, 1.82) is 0 Å². The number of aryl methyl sites for hydroxylation is 2. The topological polar surface area (TPSA) is 42.0 Å². The Balaban J connectivity index is 1.61. The molecule has 0 radical (unpaired) electrons. The lowest BCUT2D eigenvalue weighted by atomic mass is 10.1. The summed E-state index contributed by atoms with van der Waals surface area (Å²) in [4.78, 5) is 19.0. The number of hydrogen-bond acceptors (Lipinski definition) is 4. The third-order valence-corrected chi connectivity index (χ3v) is 5.71. The Hall–Kier alpha value is -1.98. The summed E-state index contributed by atoms with van der Waals surface area (Å²) in [6, 6.07) is 12.2. The molecule has 1 N–H and O–H groups in total. The van der Waals surface area contributed by atoms with Crippen LogP contribution in [0.2, 0.25) is 0 Å². The number of thiophene rings is 1. The number of rotatable bonds is 5.